The molecule has 1 aliphatic heterocycles. The van der Waals surface area contributed by atoms with Crippen molar-refractivity contribution in [2.75, 3.05) is 39.8 Å². The predicted octanol–water partition coefficient (Wildman–Crippen LogP) is 1.82. The van der Waals surface area contributed by atoms with Crippen molar-refractivity contribution in [3.8, 4) is 0 Å². The first kappa shape index (κ1) is 14.5. The van der Waals surface area contributed by atoms with Crippen LogP contribution in [0.4, 0.5) is 0 Å². The highest BCUT2D eigenvalue weighted by atomic mass is 15.3. The van der Waals surface area contributed by atoms with E-state index in [2.05, 4.69) is 53.6 Å². The average molecular weight is 264 g/mol. The van der Waals surface area contributed by atoms with Gasteiger partial charge in [-0.05, 0) is 31.0 Å². The molecule has 1 aromatic rings. The fourth-order valence-corrected chi connectivity index (χ4v) is 2.40. The maximum Gasteiger partial charge on any atom is 0.0527 e. The van der Waals surface area contributed by atoms with Crippen LogP contribution < -0.4 is 0 Å². The Bertz CT molecular complexity index is 383. The van der Waals surface area contributed by atoms with Gasteiger partial charge in [0.05, 0.1) is 6.20 Å². The van der Waals surface area contributed by atoms with E-state index < -0.39 is 0 Å². The molecule has 1 aliphatic rings. The normalized spacial score (nSPS) is 18.9. The number of aryl methyl sites for hydroxylation is 1. The van der Waals surface area contributed by atoms with E-state index in [4.69, 9.17) is 0 Å². The summed E-state index contributed by atoms with van der Waals surface area (Å²) in [6.45, 7) is 13.8. The summed E-state index contributed by atoms with van der Waals surface area (Å²) in [5.74, 6) is 0. The van der Waals surface area contributed by atoms with Crippen LogP contribution in [0.2, 0.25) is 0 Å². The fraction of sp³-hybridized carbons (Fsp3) is 0.800. The second-order valence-corrected chi connectivity index (χ2v) is 6.74. The molecule has 1 aromatic heterocycles. The Labute approximate surface area is 117 Å². The Morgan fingerprint density at radius 2 is 1.79 bits per heavy atom. The van der Waals surface area contributed by atoms with Gasteiger partial charge in [-0.2, -0.15) is 5.10 Å². The number of rotatable bonds is 4. The fourth-order valence-electron chi connectivity index (χ4n) is 2.40. The zero-order valence-electron chi connectivity index (χ0n) is 12.9. The van der Waals surface area contributed by atoms with Crippen LogP contribution in [0, 0.1) is 0 Å². The molecule has 108 valence electrons. The number of hydrogen-bond acceptors (Lipinski definition) is 3. The number of likely N-dealkylation sites (N-methyl/N-ethyl adjacent to an activating group) is 1. The lowest BCUT2D eigenvalue weighted by Crippen LogP contribution is -2.44. The molecular weight excluding hydrogens is 236 g/mol. The Morgan fingerprint density at radius 1 is 1.11 bits per heavy atom. The molecule has 0 amide bonds. The second kappa shape index (κ2) is 6.06. The molecule has 4 nitrogen and oxygen atoms in total. The number of hydrogen-bond donors (Lipinski definition) is 0. The SMILES string of the molecule is CN1CCN(CCCn2cc(C(C)(C)C)cn2)CC1. The molecule has 0 N–H and O–H groups in total. The van der Waals surface area contributed by atoms with E-state index in [1.807, 2.05) is 6.20 Å². The molecule has 0 atom stereocenters. The van der Waals surface area contributed by atoms with Gasteiger partial charge in [-0.1, -0.05) is 20.8 Å². The summed E-state index contributed by atoms with van der Waals surface area (Å²) in [4.78, 5) is 4.97. The van der Waals surface area contributed by atoms with Crippen LogP contribution in [0.5, 0.6) is 0 Å². The highest BCUT2D eigenvalue weighted by Gasteiger charge is 2.16. The van der Waals surface area contributed by atoms with Gasteiger partial charge in [-0.25, -0.2) is 0 Å². The van der Waals surface area contributed by atoms with Gasteiger partial charge in [-0.15, -0.1) is 0 Å². The largest absolute Gasteiger partial charge is 0.304 e. The van der Waals surface area contributed by atoms with Crippen molar-refractivity contribution in [1.29, 1.82) is 0 Å². The molecule has 0 saturated carbocycles. The first-order valence-electron chi connectivity index (χ1n) is 7.39. The maximum atomic E-state index is 4.47. The van der Waals surface area contributed by atoms with Crippen LogP contribution in [-0.4, -0.2) is 59.4 Å². The van der Waals surface area contributed by atoms with Crippen molar-refractivity contribution in [1.82, 2.24) is 19.6 Å². The van der Waals surface area contributed by atoms with E-state index in [1.54, 1.807) is 0 Å². The minimum atomic E-state index is 0.204. The van der Waals surface area contributed by atoms with E-state index in [0.717, 1.165) is 6.54 Å². The summed E-state index contributed by atoms with van der Waals surface area (Å²) in [6, 6.07) is 0. The summed E-state index contributed by atoms with van der Waals surface area (Å²) >= 11 is 0. The molecule has 0 unspecified atom stereocenters. The standard InChI is InChI=1S/C15H28N4/c1-15(2,3)14-12-16-19(13-14)7-5-6-18-10-8-17(4)9-11-18/h12-13H,5-11H2,1-4H3. The van der Waals surface area contributed by atoms with Gasteiger partial charge in [0.25, 0.3) is 0 Å². The number of piperazine rings is 1. The van der Waals surface area contributed by atoms with Crippen LogP contribution >= 0.6 is 0 Å². The zero-order valence-corrected chi connectivity index (χ0v) is 12.9. The maximum absolute atomic E-state index is 4.47. The number of nitrogens with zero attached hydrogens (tertiary/aromatic N) is 4. The summed E-state index contributed by atoms with van der Waals surface area (Å²) in [6.07, 6.45) is 5.40. The third-order valence-corrected chi connectivity index (χ3v) is 3.96. The Kier molecular flexibility index (Phi) is 4.63. The van der Waals surface area contributed by atoms with Crippen molar-refractivity contribution >= 4 is 0 Å². The summed E-state index contributed by atoms with van der Waals surface area (Å²) in [7, 11) is 2.20. The first-order valence-corrected chi connectivity index (χ1v) is 7.39. The van der Waals surface area contributed by atoms with Crippen molar-refractivity contribution in [2.45, 2.75) is 39.2 Å². The van der Waals surface area contributed by atoms with Crippen LogP contribution in [0.25, 0.3) is 0 Å². The van der Waals surface area contributed by atoms with E-state index in [1.165, 1.54) is 44.7 Å². The Balaban J connectivity index is 1.72. The highest BCUT2D eigenvalue weighted by molar-refractivity contribution is 5.14. The molecule has 1 fully saturated rings. The molecule has 0 spiro atoms. The molecule has 2 heterocycles. The van der Waals surface area contributed by atoms with Gasteiger partial charge in [0.1, 0.15) is 0 Å². The molecule has 0 aromatic carbocycles. The van der Waals surface area contributed by atoms with Crippen molar-refractivity contribution < 1.29 is 0 Å². The van der Waals surface area contributed by atoms with E-state index >= 15 is 0 Å². The predicted molar refractivity (Wildman–Crippen MR) is 79.5 cm³/mol. The highest BCUT2D eigenvalue weighted by Crippen LogP contribution is 2.20. The molecule has 19 heavy (non-hydrogen) atoms. The molecule has 2 rings (SSSR count). The lowest BCUT2D eigenvalue weighted by Gasteiger charge is -2.32. The average Bonchev–Trinajstić information content (AvgIpc) is 2.80. The lowest BCUT2D eigenvalue weighted by molar-refractivity contribution is 0.151. The minimum Gasteiger partial charge on any atom is -0.304 e. The quantitative estimate of drug-likeness (QED) is 0.829. The van der Waals surface area contributed by atoms with Crippen LogP contribution in [0.15, 0.2) is 12.4 Å². The zero-order chi connectivity index (χ0) is 13.9. The van der Waals surface area contributed by atoms with Crippen LogP contribution in [0.1, 0.15) is 32.8 Å². The molecule has 4 heteroatoms. The first-order chi connectivity index (χ1) is 8.95. The third-order valence-electron chi connectivity index (χ3n) is 3.96. The van der Waals surface area contributed by atoms with Crippen molar-refractivity contribution in [2.24, 2.45) is 0 Å². The number of aromatic nitrogens is 2. The van der Waals surface area contributed by atoms with Gasteiger partial charge < -0.3 is 9.80 Å². The van der Waals surface area contributed by atoms with E-state index in [0.29, 0.717) is 0 Å². The summed E-state index contributed by atoms with van der Waals surface area (Å²) in [5, 5.41) is 4.47. The van der Waals surface area contributed by atoms with Gasteiger partial charge in [0, 0.05) is 38.9 Å². The second-order valence-electron chi connectivity index (χ2n) is 6.74. The van der Waals surface area contributed by atoms with Crippen molar-refractivity contribution in [3.05, 3.63) is 18.0 Å². The lowest BCUT2D eigenvalue weighted by atomic mass is 9.90. The van der Waals surface area contributed by atoms with Crippen molar-refractivity contribution in [3.63, 3.8) is 0 Å². The third kappa shape index (κ3) is 4.32. The minimum absolute atomic E-state index is 0.204. The van der Waals surface area contributed by atoms with Gasteiger partial charge in [0.2, 0.25) is 0 Å². The Morgan fingerprint density at radius 3 is 2.37 bits per heavy atom. The van der Waals surface area contributed by atoms with Gasteiger partial charge >= 0.3 is 0 Å². The summed E-state index contributed by atoms with van der Waals surface area (Å²) < 4.78 is 2.09. The molecule has 0 bridgehead atoms. The summed E-state index contributed by atoms with van der Waals surface area (Å²) in [5.41, 5.74) is 1.53. The van der Waals surface area contributed by atoms with Gasteiger partial charge in [-0.3, -0.25) is 4.68 Å². The van der Waals surface area contributed by atoms with Gasteiger partial charge in [0.15, 0.2) is 0 Å². The topological polar surface area (TPSA) is 24.3 Å². The van der Waals surface area contributed by atoms with Crippen LogP contribution in [0.3, 0.4) is 0 Å². The smallest absolute Gasteiger partial charge is 0.0527 e. The molecule has 1 saturated heterocycles. The molecule has 0 aliphatic carbocycles. The molecular formula is C15H28N4. The van der Waals surface area contributed by atoms with E-state index in [-0.39, 0.29) is 5.41 Å². The van der Waals surface area contributed by atoms with Crippen LogP contribution in [-0.2, 0) is 12.0 Å². The Hall–Kier alpha value is -0.870. The monoisotopic (exact) mass is 264 g/mol. The molecule has 0 radical (unpaired) electrons. The van der Waals surface area contributed by atoms with E-state index in [9.17, 15) is 0 Å².